The van der Waals surface area contributed by atoms with Gasteiger partial charge in [0.15, 0.2) is 0 Å². The van der Waals surface area contributed by atoms with Crippen molar-refractivity contribution in [2.24, 2.45) is 0 Å². The van der Waals surface area contributed by atoms with Crippen molar-refractivity contribution < 1.29 is 9.13 Å². The zero-order valence-corrected chi connectivity index (χ0v) is 18.6. The van der Waals surface area contributed by atoms with Gasteiger partial charge in [-0.05, 0) is 60.5 Å². The van der Waals surface area contributed by atoms with Crippen LogP contribution >= 0.6 is 0 Å². The van der Waals surface area contributed by atoms with Crippen LogP contribution in [0.4, 0.5) is 4.39 Å². The number of H-pyrrole nitrogens is 2. The van der Waals surface area contributed by atoms with Gasteiger partial charge in [-0.1, -0.05) is 6.07 Å². The van der Waals surface area contributed by atoms with E-state index in [0.717, 1.165) is 49.9 Å². The first-order valence-corrected chi connectivity index (χ1v) is 10.8. The number of halogens is 1. The minimum absolute atomic E-state index is 0.375. The van der Waals surface area contributed by atoms with Gasteiger partial charge < -0.3 is 9.72 Å². The van der Waals surface area contributed by atoms with Crippen LogP contribution in [-0.2, 0) is 0 Å². The fraction of sp³-hybridized carbons (Fsp3) is 0.0741. The topological polar surface area (TPSA) is 79.5 Å². The van der Waals surface area contributed by atoms with Gasteiger partial charge in [-0.3, -0.25) is 15.1 Å². The largest absolute Gasteiger partial charge is 0.497 e. The number of nitrogens with one attached hydrogen (secondary N) is 2. The average molecular weight is 449 g/mol. The molecular formula is C27H20FN5O. The SMILES string of the molecule is COc1cc(F)cc(-c2nccc3[nH]c(-c4n[nH]c5ccc(-c6cnccc6C)cc45)cc23)c1. The summed E-state index contributed by atoms with van der Waals surface area (Å²) in [6, 6.07) is 16.7. The van der Waals surface area contributed by atoms with Crippen molar-refractivity contribution in [3.63, 3.8) is 0 Å². The fourth-order valence-corrected chi connectivity index (χ4v) is 4.38. The number of nitrogens with zero attached hydrogens (tertiary/aromatic N) is 3. The van der Waals surface area contributed by atoms with E-state index in [1.165, 1.54) is 19.2 Å². The van der Waals surface area contributed by atoms with Crippen molar-refractivity contribution in [2.75, 3.05) is 7.11 Å². The first-order chi connectivity index (χ1) is 16.6. The summed E-state index contributed by atoms with van der Waals surface area (Å²) in [5.74, 6) is 0.0708. The number of hydrogen-bond donors (Lipinski definition) is 2. The second kappa shape index (κ2) is 7.81. The van der Waals surface area contributed by atoms with Gasteiger partial charge in [0, 0.05) is 52.1 Å². The molecule has 6 rings (SSSR count). The van der Waals surface area contributed by atoms with Gasteiger partial charge in [0.1, 0.15) is 17.3 Å². The van der Waals surface area contributed by atoms with Crippen molar-refractivity contribution in [1.29, 1.82) is 0 Å². The lowest BCUT2D eigenvalue weighted by Gasteiger charge is -2.06. The normalized spacial score (nSPS) is 11.4. The van der Waals surface area contributed by atoms with E-state index in [1.807, 2.05) is 30.5 Å². The number of pyridine rings is 2. The van der Waals surface area contributed by atoms with Crippen molar-refractivity contribution in [1.82, 2.24) is 25.1 Å². The zero-order valence-electron chi connectivity index (χ0n) is 18.6. The third-order valence-electron chi connectivity index (χ3n) is 6.10. The maximum absolute atomic E-state index is 14.2. The highest BCUT2D eigenvalue weighted by atomic mass is 19.1. The van der Waals surface area contributed by atoms with E-state index >= 15 is 0 Å². The molecule has 34 heavy (non-hydrogen) atoms. The highest BCUT2D eigenvalue weighted by Crippen LogP contribution is 2.35. The number of aryl methyl sites for hydroxylation is 1. The Morgan fingerprint density at radius 3 is 2.59 bits per heavy atom. The van der Waals surface area contributed by atoms with Gasteiger partial charge in [0.2, 0.25) is 0 Å². The van der Waals surface area contributed by atoms with Gasteiger partial charge in [0.25, 0.3) is 0 Å². The first-order valence-electron chi connectivity index (χ1n) is 10.8. The van der Waals surface area contributed by atoms with Gasteiger partial charge in [-0.15, -0.1) is 0 Å². The van der Waals surface area contributed by atoms with Crippen LogP contribution in [0.15, 0.2) is 73.2 Å². The van der Waals surface area contributed by atoms with E-state index in [4.69, 9.17) is 4.74 Å². The molecule has 0 amide bonds. The van der Waals surface area contributed by atoms with E-state index < -0.39 is 0 Å². The van der Waals surface area contributed by atoms with E-state index in [-0.39, 0.29) is 5.82 Å². The number of aromatic amines is 2. The van der Waals surface area contributed by atoms with Crippen molar-refractivity contribution in [2.45, 2.75) is 6.92 Å². The predicted octanol–water partition coefficient (Wildman–Crippen LogP) is 6.29. The smallest absolute Gasteiger partial charge is 0.127 e. The standard InChI is InChI=1S/C27H20FN5O/c1-15-5-7-29-14-22(15)16-3-4-24-20(11-16)27(33-32-24)25-13-21-23(31-25)6-8-30-26(21)17-9-18(28)12-19(10-17)34-2/h3-14,31H,1-2H3,(H,32,33). The number of fused-ring (bicyclic) bond motifs is 2. The molecule has 0 saturated heterocycles. The summed E-state index contributed by atoms with van der Waals surface area (Å²) < 4.78 is 19.4. The maximum Gasteiger partial charge on any atom is 0.127 e. The van der Waals surface area contributed by atoms with E-state index in [9.17, 15) is 4.39 Å². The quantitative estimate of drug-likeness (QED) is 0.331. The summed E-state index contributed by atoms with van der Waals surface area (Å²) in [5.41, 5.74) is 8.11. The molecule has 0 aliphatic heterocycles. The van der Waals surface area contributed by atoms with Gasteiger partial charge in [-0.25, -0.2) is 4.39 Å². The third kappa shape index (κ3) is 3.29. The number of hydrogen-bond acceptors (Lipinski definition) is 4. The molecule has 0 unspecified atom stereocenters. The number of aromatic nitrogens is 5. The summed E-state index contributed by atoms with van der Waals surface area (Å²) in [7, 11) is 1.52. The zero-order chi connectivity index (χ0) is 23.2. The molecule has 4 heterocycles. The summed E-state index contributed by atoms with van der Waals surface area (Å²) in [6.07, 6.45) is 5.39. The molecule has 7 heteroatoms. The highest BCUT2D eigenvalue weighted by molar-refractivity contribution is 6.01. The van der Waals surface area contributed by atoms with E-state index in [2.05, 4.69) is 44.2 Å². The Kier molecular flexibility index (Phi) is 4.62. The summed E-state index contributed by atoms with van der Waals surface area (Å²) in [4.78, 5) is 12.3. The van der Waals surface area contributed by atoms with Crippen LogP contribution in [0.2, 0.25) is 0 Å². The monoisotopic (exact) mass is 449 g/mol. The van der Waals surface area contributed by atoms with Crippen molar-refractivity contribution >= 4 is 21.8 Å². The molecule has 0 aliphatic rings. The molecule has 2 aromatic carbocycles. The molecule has 0 aliphatic carbocycles. The lowest BCUT2D eigenvalue weighted by atomic mass is 10.0. The maximum atomic E-state index is 14.2. The lowest BCUT2D eigenvalue weighted by molar-refractivity contribution is 0.411. The molecule has 0 spiro atoms. The van der Waals surface area contributed by atoms with E-state index in [0.29, 0.717) is 17.0 Å². The second-order valence-corrected chi connectivity index (χ2v) is 8.21. The lowest BCUT2D eigenvalue weighted by Crippen LogP contribution is -1.89. The average Bonchev–Trinajstić information content (AvgIpc) is 3.47. The first kappa shape index (κ1) is 20.1. The second-order valence-electron chi connectivity index (χ2n) is 8.21. The molecule has 6 aromatic rings. The van der Waals surface area contributed by atoms with Crippen LogP contribution in [0.1, 0.15) is 5.56 Å². The minimum atomic E-state index is -0.375. The summed E-state index contributed by atoms with van der Waals surface area (Å²) in [6.45, 7) is 2.07. The van der Waals surface area contributed by atoms with Crippen LogP contribution in [-0.4, -0.2) is 32.3 Å². The Balaban J connectivity index is 1.51. The molecule has 6 nitrogen and oxygen atoms in total. The Hall–Kier alpha value is -4.52. The third-order valence-corrected chi connectivity index (χ3v) is 6.10. The highest BCUT2D eigenvalue weighted by Gasteiger charge is 2.16. The van der Waals surface area contributed by atoms with Crippen molar-refractivity contribution in [3.8, 4) is 39.5 Å². The van der Waals surface area contributed by atoms with Gasteiger partial charge in [-0.2, -0.15) is 5.10 Å². The van der Waals surface area contributed by atoms with Gasteiger partial charge in [0.05, 0.1) is 24.0 Å². The van der Waals surface area contributed by atoms with Gasteiger partial charge >= 0.3 is 0 Å². The molecule has 0 saturated carbocycles. The van der Waals surface area contributed by atoms with Crippen LogP contribution in [0, 0.1) is 12.7 Å². The van der Waals surface area contributed by atoms with Crippen LogP contribution < -0.4 is 4.74 Å². The van der Waals surface area contributed by atoms with E-state index in [1.54, 1.807) is 18.5 Å². The molecule has 166 valence electrons. The Bertz CT molecular complexity index is 1680. The Morgan fingerprint density at radius 2 is 1.74 bits per heavy atom. The predicted molar refractivity (Wildman–Crippen MR) is 131 cm³/mol. The molecule has 0 atom stereocenters. The Labute approximate surface area is 194 Å². The van der Waals surface area contributed by atoms with Crippen LogP contribution in [0.5, 0.6) is 5.75 Å². The number of methoxy groups -OCH3 is 1. The van der Waals surface area contributed by atoms with Crippen LogP contribution in [0.3, 0.4) is 0 Å². The van der Waals surface area contributed by atoms with Crippen LogP contribution in [0.25, 0.3) is 55.6 Å². The molecule has 0 fully saturated rings. The molecule has 2 N–H and O–H groups in total. The summed E-state index contributed by atoms with van der Waals surface area (Å²) >= 11 is 0. The molecule has 0 bridgehead atoms. The summed E-state index contributed by atoms with van der Waals surface area (Å²) in [5, 5.41) is 9.59. The molecule has 4 aromatic heterocycles. The number of rotatable bonds is 4. The Morgan fingerprint density at radius 1 is 0.853 bits per heavy atom. The number of benzene rings is 2. The fourth-order valence-electron chi connectivity index (χ4n) is 4.38. The van der Waals surface area contributed by atoms with Crippen molar-refractivity contribution in [3.05, 3.63) is 84.6 Å². The molecule has 0 radical (unpaired) electrons. The molecular weight excluding hydrogens is 429 g/mol. The minimum Gasteiger partial charge on any atom is -0.497 e. The number of ether oxygens (including phenoxy) is 1.